The molecule has 0 fully saturated rings. The van der Waals surface area contributed by atoms with Gasteiger partial charge in [0.05, 0.1) is 0 Å². The molecule has 0 saturated carbocycles. The second kappa shape index (κ2) is 15.2. The minimum absolute atomic E-state index is 0.0323. The molecule has 0 N–H and O–H groups in total. The number of rotatable bonds is 16. The van der Waals surface area contributed by atoms with Crippen LogP contribution in [0.25, 0.3) is 0 Å². The predicted octanol–water partition coefficient (Wildman–Crippen LogP) is 7.17. The molecule has 0 amide bonds. The number of hydrogen-bond donors (Lipinski definition) is 0. The third-order valence-corrected chi connectivity index (χ3v) is 5.68. The van der Waals surface area contributed by atoms with E-state index in [0.717, 1.165) is 12.8 Å². The predicted molar refractivity (Wildman–Crippen MR) is 104 cm³/mol. The zero-order valence-electron chi connectivity index (χ0n) is 15.8. The van der Waals surface area contributed by atoms with E-state index in [0.29, 0.717) is 6.42 Å². The molecule has 0 bridgehead atoms. The first-order valence-electron chi connectivity index (χ1n) is 9.72. The van der Waals surface area contributed by atoms with Crippen molar-refractivity contribution in [3.05, 3.63) is 12.2 Å². The van der Waals surface area contributed by atoms with Gasteiger partial charge in [0.15, 0.2) is 5.52 Å². The van der Waals surface area contributed by atoms with Crippen LogP contribution in [0.15, 0.2) is 12.2 Å². The van der Waals surface area contributed by atoms with Gasteiger partial charge in [0.2, 0.25) is 0 Å². The molecule has 0 saturated heterocycles. The molecule has 0 aromatic carbocycles. The Bertz CT molecular complexity index is 355. The van der Waals surface area contributed by atoms with Gasteiger partial charge in [-0.1, -0.05) is 70.4 Å². The highest BCUT2D eigenvalue weighted by Gasteiger charge is 2.17. The molecule has 3 heteroatoms. The number of carbonyl (C=O) groups excluding carboxylic acids is 1. The maximum absolute atomic E-state index is 11.5. The minimum atomic E-state index is -2.49. The van der Waals surface area contributed by atoms with E-state index >= 15 is 0 Å². The van der Waals surface area contributed by atoms with Gasteiger partial charge in [-0.05, 0) is 45.4 Å². The molecule has 0 atom stereocenters. The van der Waals surface area contributed by atoms with Gasteiger partial charge in [-0.2, -0.15) is 0 Å². The number of unbranched alkanes of at least 4 members (excludes halogenated alkanes) is 11. The molecular formula is C20H39O2P. The van der Waals surface area contributed by atoms with Crippen LogP contribution < -0.4 is 0 Å². The van der Waals surface area contributed by atoms with Crippen molar-refractivity contribution in [2.75, 3.05) is 13.3 Å². The van der Waals surface area contributed by atoms with Crippen molar-refractivity contribution < 1.29 is 9.36 Å². The molecule has 0 aromatic rings. The first kappa shape index (κ1) is 22.6. The highest BCUT2D eigenvalue weighted by atomic mass is 31.2. The third-order valence-electron chi connectivity index (χ3n) is 4.25. The van der Waals surface area contributed by atoms with Gasteiger partial charge < -0.3 is 4.57 Å². The SMILES string of the molecule is CCCCCCCCC=CCCCCCCCC(=O)P(C)(C)=O. The molecule has 0 spiro atoms. The van der Waals surface area contributed by atoms with Crippen molar-refractivity contribution in [2.24, 2.45) is 0 Å². The van der Waals surface area contributed by atoms with E-state index in [1.165, 1.54) is 70.6 Å². The summed E-state index contributed by atoms with van der Waals surface area (Å²) < 4.78 is 11.5. The van der Waals surface area contributed by atoms with E-state index in [9.17, 15) is 9.36 Å². The molecule has 2 nitrogen and oxygen atoms in total. The summed E-state index contributed by atoms with van der Waals surface area (Å²) in [5, 5.41) is 0. The lowest BCUT2D eigenvalue weighted by atomic mass is 10.1. The Morgan fingerprint density at radius 3 is 1.65 bits per heavy atom. The summed E-state index contributed by atoms with van der Waals surface area (Å²) >= 11 is 0. The molecule has 0 aliphatic rings. The van der Waals surface area contributed by atoms with E-state index in [1.54, 1.807) is 13.3 Å². The largest absolute Gasteiger partial charge is 0.316 e. The lowest BCUT2D eigenvalue weighted by Gasteiger charge is -2.04. The van der Waals surface area contributed by atoms with Crippen LogP contribution in [0.2, 0.25) is 0 Å². The van der Waals surface area contributed by atoms with E-state index in [-0.39, 0.29) is 5.52 Å². The Kier molecular flexibility index (Phi) is 14.9. The molecule has 0 unspecified atom stereocenters. The molecule has 0 aliphatic carbocycles. The van der Waals surface area contributed by atoms with Gasteiger partial charge >= 0.3 is 0 Å². The Morgan fingerprint density at radius 1 is 0.739 bits per heavy atom. The number of carbonyl (C=O) groups is 1. The van der Waals surface area contributed by atoms with Crippen LogP contribution in [0, 0.1) is 0 Å². The molecule has 0 aromatic heterocycles. The van der Waals surface area contributed by atoms with Gasteiger partial charge in [0.1, 0.15) is 7.14 Å². The van der Waals surface area contributed by atoms with E-state index in [4.69, 9.17) is 0 Å². The first-order valence-corrected chi connectivity index (χ1v) is 12.3. The Morgan fingerprint density at radius 2 is 1.17 bits per heavy atom. The monoisotopic (exact) mass is 342 g/mol. The molecule has 0 heterocycles. The normalized spacial score (nSPS) is 12.1. The molecular weight excluding hydrogens is 303 g/mol. The van der Waals surface area contributed by atoms with Crippen molar-refractivity contribution >= 4 is 12.7 Å². The second-order valence-electron chi connectivity index (χ2n) is 7.08. The van der Waals surface area contributed by atoms with Crippen molar-refractivity contribution in [3.63, 3.8) is 0 Å². The molecule has 0 aliphatic heterocycles. The molecule has 23 heavy (non-hydrogen) atoms. The lowest BCUT2D eigenvalue weighted by Crippen LogP contribution is -1.97. The van der Waals surface area contributed by atoms with Crippen molar-refractivity contribution in [3.8, 4) is 0 Å². The van der Waals surface area contributed by atoms with E-state index in [2.05, 4.69) is 19.1 Å². The van der Waals surface area contributed by atoms with E-state index in [1.807, 2.05) is 0 Å². The van der Waals surface area contributed by atoms with Gasteiger partial charge in [-0.25, -0.2) is 0 Å². The minimum Gasteiger partial charge on any atom is -0.316 e. The molecule has 0 rings (SSSR count). The fraction of sp³-hybridized carbons (Fsp3) is 0.850. The smallest absolute Gasteiger partial charge is 0.191 e. The first-order chi connectivity index (χ1) is 11.0. The number of allylic oxidation sites excluding steroid dienone is 2. The lowest BCUT2D eigenvalue weighted by molar-refractivity contribution is -0.112. The van der Waals surface area contributed by atoms with E-state index < -0.39 is 7.14 Å². The fourth-order valence-corrected chi connectivity index (χ4v) is 3.31. The average molecular weight is 343 g/mol. The summed E-state index contributed by atoms with van der Waals surface area (Å²) in [7, 11) is -2.49. The second-order valence-corrected chi connectivity index (χ2v) is 10.3. The summed E-state index contributed by atoms with van der Waals surface area (Å²) in [6, 6.07) is 0. The Hall–Kier alpha value is -0.360. The van der Waals surface area contributed by atoms with Crippen LogP contribution >= 0.6 is 7.14 Å². The Labute approximate surface area is 144 Å². The van der Waals surface area contributed by atoms with Crippen molar-refractivity contribution in [2.45, 2.75) is 96.8 Å². The zero-order chi connectivity index (χ0) is 17.4. The summed E-state index contributed by atoms with van der Waals surface area (Å²) in [5.41, 5.74) is -0.0323. The van der Waals surface area contributed by atoms with Crippen LogP contribution in [0.1, 0.15) is 96.8 Å². The van der Waals surface area contributed by atoms with Crippen molar-refractivity contribution in [1.29, 1.82) is 0 Å². The summed E-state index contributed by atoms with van der Waals surface area (Å²) in [5.74, 6) is 0. The topological polar surface area (TPSA) is 34.1 Å². The van der Waals surface area contributed by atoms with Crippen LogP contribution in [0.3, 0.4) is 0 Å². The van der Waals surface area contributed by atoms with Crippen LogP contribution in [0.4, 0.5) is 0 Å². The highest BCUT2D eigenvalue weighted by molar-refractivity contribution is 7.79. The zero-order valence-corrected chi connectivity index (χ0v) is 16.7. The van der Waals surface area contributed by atoms with Crippen LogP contribution in [-0.2, 0) is 9.36 Å². The maximum atomic E-state index is 11.5. The third kappa shape index (κ3) is 16.3. The van der Waals surface area contributed by atoms with Crippen molar-refractivity contribution in [1.82, 2.24) is 0 Å². The summed E-state index contributed by atoms with van der Waals surface area (Å²) in [4.78, 5) is 11.5. The standard InChI is InChI=1S/C20H39O2P/c1-4-5-6-7-8-9-10-11-12-13-14-15-16-17-18-19-20(21)23(2,3)22/h11-12H,4-10,13-19H2,1-3H3. The summed E-state index contributed by atoms with van der Waals surface area (Å²) in [6.45, 7) is 5.41. The van der Waals surface area contributed by atoms with Gasteiger partial charge in [-0.15, -0.1) is 0 Å². The molecule has 136 valence electrons. The maximum Gasteiger partial charge on any atom is 0.191 e. The van der Waals surface area contributed by atoms with Gasteiger partial charge in [-0.3, -0.25) is 4.79 Å². The average Bonchev–Trinajstić information content (AvgIpc) is 2.50. The quantitative estimate of drug-likeness (QED) is 0.169. The summed E-state index contributed by atoms with van der Waals surface area (Å²) in [6.07, 6.45) is 21.5. The fourth-order valence-electron chi connectivity index (χ4n) is 2.62. The number of hydrogen-bond acceptors (Lipinski definition) is 2. The highest BCUT2D eigenvalue weighted by Crippen LogP contribution is 2.38. The van der Waals surface area contributed by atoms with Gasteiger partial charge in [0, 0.05) is 6.42 Å². The van der Waals surface area contributed by atoms with Gasteiger partial charge in [0.25, 0.3) is 0 Å². The Balaban J connectivity index is 3.25. The molecule has 0 radical (unpaired) electrons. The van der Waals surface area contributed by atoms with Crippen LogP contribution in [-0.4, -0.2) is 18.9 Å². The van der Waals surface area contributed by atoms with Crippen LogP contribution in [0.5, 0.6) is 0 Å².